The van der Waals surface area contributed by atoms with Crippen molar-refractivity contribution in [3.8, 4) is 0 Å². The van der Waals surface area contributed by atoms with Crippen molar-refractivity contribution in [2.75, 3.05) is 27.2 Å². The molecule has 1 aliphatic carbocycles. The smallest absolute Gasteiger partial charge is 0.236 e. The second kappa shape index (κ2) is 6.53. The van der Waals surface area contributed by atoms with Crippen LogP contribution in [-0.2, 0) is 9.53 Å². The number of ether oxygens (including phenoxy) is 1. The van der Waals surface area contributed by atoms with Crippen LogP contribution < -0.4 is 5.32 Å². The van der Waals surface area contributed by atoms with Crippen LogP contribution in [0.15, 0.2) is 0 Å². The molecule has 2 unspecified atom stereocenters. The second-order valence-corrected chi connectivity index (χ2v) is 5.17. The van der Waals surface area contributed by atoms with Gasteiger partial charge in [0.25, 0.3) is 0 Å². The first kappa shape index (κ1) is 15.4. The molecular weight excluding hydrogens is 228 g/mol. The molecule has 1 rings (SSSR count). The largest absolute Gasteiger partial charge is 0.378 e. The molecule has 0 aromatic rings. The quantitative estimate of drug-likeness (QED) is 0.753. The first-order valence-corrected chi connectivity index (χ1v) is 7.09. The molecule has 1 aliphatic rings. The summed E-state index contributed by atoms with van der Waals surface area (Å²) >= 11 is 0. The molecule has 0 radical (unpaired) electrons. The zero-order chi connectivity index (χ0) is 13.8. The Balaban J connectivity index is 2.75. The van der Waals surface area contributed by atoms with Crippen LogP contribution in [0.3, 0.4) is 0 Å². The van der Waals surface area contributed by atoms with Crippen LogP contribution in [0, 0.1) is 5.41 Å². The topological polar surface area (TPSA) is 41.6 Å². The zero-order valence-corrected chi connectivity index (χ0v) is 12.5. The van der Waals surface area contributed by atoms with E-state index in [0.717, 1.165) is 25.9 Å². The van der Waals surface area contributed by atoms with Crippen molar-refractivity contribution >= 4 is 5.91 Å². The van der Waals surface area contributed by atoms with Crippen molar-refractivity contribution in [3.05, 3.63) is 0 Å². The molecule has 0 saturated heterocycles. The fourth-order valence-corrected chi connectivity index (χ4v) is 3.33. The Morgan fingerprint density at radius 3 is 2.44 bits per heavy atom. The third-order valence-corrected chi connectivity index (χ3v) is 4.62. The molecule has 1 amide bonds. The standard InChI is InChI=1S/C14H28N2O2/c1-6-14(7-2)11(9-12(14)18-8-3)16(5)13(17)10-15-4/h11-12,15H,6-10H2,1-5H3. The van der Waals surface area contributed by atoms with Crippen molar-refractivity contribution in [1.82, 2.24) is 10.2 Å². The Morgan fingerprint density at radius 1 is 1.39 bits per heavy atom. The fraction of sp³-hybridized carbons (Fsp3) is 0.929. The van der Waals surface area contributed by atoms with E-state index in [-0.39, 0.29) is 11.3 Å². The Bertz CT molecular complexity index is 277. The van der Waals surface area contributed by atoms with E-state index >= 15 is 0 Å². The first-order chi connectivity index (χ1) is 8.57. The highest BCUT2D eigenvalue weighted by atomic mass is 16.5. The lowest BCUT2D eigenvalue weighted by Crippen LogP contribution is -2.65. The minimum Gasteiger partial charge on any atom is -0.378 e. The van der Waals surface area contributed by atoms with Crippen LogP contribution >= 0.6 is 0 Å². The molecule has 4 nitrogen and oxygen atoms in total. The molecule has 4 heteroatoms. The highest BCUT2D eigenvalue weighted by molar-refractivity contribution is 5.78. The van der Waals surface area contributed by atoms with E-state index in [9.17, 15) is 4.79 Å². The van der Waals surface area contributed by atoms with Gasteiger partial charge in [-0.1, -0.05) is 13.8 Å². The summed E-state index contributed by atoms with van der Waals surface area (Å²) in [6, 6.07) is 0.324. The number of likely N-dealkylation sites (N-methyl/N-ethyl adjacent to an activating group) is 2. The molecule has 0 aliphatic heterocycles. The third-order valence-electron chi connectivity index (χ3n) is 4.62. The van der Waals surface area contributed by atoms with Gasteiger partial charge >= 0.3 is 0 Å². The van der Waals surface area contributed by atoms with Crippen molar-refractivity contribution in [2.24, 2.45) is 5.41 Å². The van der Waals surface area contributed by atoms with Gasteiger partial charge in [0.05, 0.1) is 12.6 Å². The van der Waals surface area contributed by atoms with E-state index < -0.39 is 0 Å². The average molecular weight is 256 g/mol. The number of hydrogen-bond donors (Lipinski definition) is 1. The molecule has 0 aromatic heterocycles. The Hall–Kier alpha value is -0.610. The molecule has 0 aromatic carbocycles. The van der Waals surface area contributed by atoms with Gasteiger partial charge in [-0.05, 0) is 33.2 Å². The van der Waals surface area contributed by atoms with Crippen molar-refractivity contribution in [2.45, 2.75) is 52.2 Å². The normalized spacial score (nSPS) is 25.6. The van der Waals surface area contributed by atoms with Crippen LogP contribution in [0.25, 0.3) is 0 Å². The van der Waals surface area contributed by atoms with Gasteiger partial charge in [-0.3, -0.25) is 4.79 Å². The summed E-state index contributed by atoms with van der Waals surface area (Å²) in [6.45, 7) is 7.62. The molecule has 106 valence electrons. The molecule has 1 N–H and O–H groups in total. The van der Waals surface area contributed by atoms with Gasteiger partial charge in [-0.15, -0.1) is 0 Å². The van der Waals surface area contributed by atoms with Crippen LogP contribution in [0.5, 0.6) is 0 Å². The van der Waals surface area contributed by atoms with Gasteiger partial charge in [-0.2, -0.15) is 0 Å². The maximum absolute atomic E-state index is 12.0. The Kier molecular flexibility index (Phi) is 5.60. The first-order valence-electron chi connectivity index (χ1n) is 7.09. The number of carbonyl (C=O) groups is 1. The van der Waals surface area contributed by atoms with E-state index in [1.165, 1.54) is 0 Å². The van der Waals surface area contributed by atoms with Crippen LogP contribution in [0.4, 0.5) is 0 Å². The van der Waals surface area contributed by atoms with Gasteiger partial charge in [-0.25, -0.2) is 0 Å². The number of hydrogen-bond acceptors (Lipinski definition) is 3. The molecule has 0 bridgehead atoms. The van der Waals surface area contributed by atoms with E-state index in [4.69, 9.17) is 4.74 Å². The summed E-state index contributed by atoms with van der Waals surface area (Å²) in [7, 11) is 3.73. The van der Waals surface area contributed by atoms with E-state index in [0.29, 0.717) is 18.7 Å². The van der Waals surface area contributed by atoms with Gasteiger partial charge in [0.2, 0.25) is 5.91 Å². The second-order valence-electron chi connectivity index (χ2n) is 5.17. The predicted molar refractivity (Wildman–Crippen MR) is 73.5 cm³/mol. The molecular formula is C14H28N2O2. The van der Waals surface area contributed by atoms with Gasteiger partial charge in [0, 0.05) is 25.1 Å². The van der Waals surface area contributed by atoms with Gasteiger partial charge in [0.1, 0.15) is 0 Å². The molecule has 0 spiro atoms. The lowest BCUT2D eigenvalue weighted by Gasteiger charge is -2.58. The minimum absolute atomic E-state index is 0.147. The van der Waals surface area contributed by atoms with Crippen molar-refractivity contribution in [1.29, 1.82) is 0 Å². The van der Waals surface area contributed by atoms with E-state index in [1.54, 1.807) is 0 Å². The van der Waals surface area contributed by atoms with Crippen LogP contribution in [0.1, 0.15) is 40.0 Å². The minimum atomic E-state index is 0.147. The molecule has 2 atom stereocenters. The summed E-state index contributed by atoms with van der Waals surface area (Å²) in [5, 5.41) is 2.93. The zero-order valence-electron chi connectivity index (χ0n) is 12.5. The molecule has 18 heavy (non-hydrogen) atoms. The van der Waals surface area contributed by atoms with Crippen molar-refractivity contribution < 1.29 is 9.53 Å². The summed E-state index contributed by atoms with van der Waals surface area (Å²) in [5.41, 5.74) is 0.147. The van der Waals surface area contributed by atoms with Crippen LogP contribution in [-0.4, -0.2) is 50.2 Å². The SMILES string of the molecule is CCOC1CC(N(C)C(=O)CNC)C1(CC)CC. The third kappa shape index (κ3) is 2.54. The lowest BCUT2D eigenvalue weighted by atomic mass is 9.58. The highest BCUT2D eigenvalue weighted by Crippen LogP contribution is 2.51. The predicted octanol–water partition coefficient (Wildman–Crippen LogP) is 1.65. The molecule has 0 heterocycles. The molecule has 1 fully saturated rings. The lowest BCUT2D eigenvalue weighted by molar-refractivity contribution is -0.176. The maximum Gasteiger partial charge on any atom is 0.236 e. The Morgan fingerprint density at radius 2 is 2.00 bits per heavy atom. The van der Waals surface area contributed by atoms with Gasteiger partial charge in [0.15, 0.2) is 0 Å². The maximum atomic E-state index is 12.0. The molecule has 1 saturated carbocycles. The fourth-order valence-electron chi connectivity index (χ4n) is 3.33. The van der Waals surface area contributed by atoms with Crippen molar-refractivity contribution in [3.63, 3.8) is 0 Å². The average Bonchev–Trinajstić information content (AvgIpc) is 2.35. The van der Waals surface area contributed by atoms with E-state index in [2.05, 4.69) is 19.2 Å². The number of rotatable bonds is 7. The Labute approximate surface area is 111 Å². The monoisotopic (exact) mass is 256 g/mol. The summed E-state index contributed by atoms with van der Waals surface area (Å²) in [4.78, 5) is 13.9. The van der Waals surface area contributed by atoms with Crippen LogP contribution in [0.2, 0.25) is 0 Å². The van der Waals surface area contributed by atoms with Gasteiger partial charge < -0.3 is 15.0 Å². The highest BCUT2D eigenvalue weighted by Gasteiger charge is 2.55. The number of amides is 1. The summed E-state index contributed by atoms with van der Waals surface area (Å²) in [6.07, 6.45) is 3.42. The van der Waals surface area contributed by atoms with E-state index in [1.807, 2.05) is 25.9 Å². The summed E-state index contributed by atoms with van der Waals surface area (Å²) in [5.74, 6) is 0.170. The number of nitrogens with zero attached hydrogens (tertiary/aromatic N) is 1. The number of nitrogens with one attached hydrogen (secondary N) is 1. The summed E-state index contributed by atoms with van der Waals surface area (Å²) < 4.78 is 5.84. The number of carbonyl (C=O) groups excluding carboxylic acids is 1.